The highest BCUT2D eigenvalue weighted by molar-refractivity contribution is 7.47. The van der Waals surface area contributed by atoms with E-state index < -0.39 is 14.5 Å². The van der Waals surface area contributed by atoms with Gasteiger partial charge in [-0.15, -0.1) is 0 Å². The van der Waals surface area contributed by atoms with Gasteiger partial charge in [0.05, 0.1) is 24.3 Å². The van der Waals surface area contributed by atoms with Crippen LogP contribution in [0.2, 0.25) is 0 Å². The van der Waals surface area contributed by atoms with Crippen molar-refractivity contribution in [3.8, 4) is 5.75 Å². The van der Waals surface area contributed by atoms with Gasteiger partial charge in [-0.05, 0) is 75.3 Å². The van der Waals surface area contributed by atoms with Crippen LogP contribution >= 0.6 is 8.38 Å². The maximum atomic E-state index is 13.5. The quantitative estimate of drug-likeness (QED) is 0.0867. The normalized spacial score (nSPS) is 11.1. The van der Waals surface area contributed by atoms with Crippen molar-refractivity contribution in [3.05, 3.63) is 142 Å². The number of carbonyl (C=O) groups is 2. The molecule has 5 rings (SSSR count). The molecule has 0 atom stereocenters. The van der Waals surface area contributed by atoms with Gasteiger partial charge in [-0.3, -0.25) is 14.6 Å². The van der Waals surface area contributed by atoms with E-state index in [1.807, 2.05) is 99.6 Å². The summed E-state index contributed by atoms with van der Waals surface area (Å²) in [4.78, 5) is 32.6. The number of rotatable bonds is 15. The molecule has 0 spiro atoms. The van der Waals surface area contributed by atoms with Gasteiger partial charge in [0.1, 0.15) is 17.4 Å². The summed E-state index contributed by atoms with van der Waals surface area (Å²) in [5.74, 6) is -0.109. The Bertz CT molecular complexity index is 1760. The number of fused-ring (bicyclic) bond motifs is 1. The van der Waals surface area contributed by atoms with Crippen molar-refractivity contribution in [3.63, 3.8) is 0 Å². The van der Waals surface area contributed by atoms with Crippen LogP contribution in [0.15, 0.2) is 103 Å². The summed E-state index contributed by atoms with van der Waals surface area (Å²) in [7, 11) is 2.90. The fourth-order valence-corrected chi connectivity index (χ4v) is 6.64. The molecule has 0 bridgehead atoms. The number of hydrogen-bond donors (Lipinski definition) is 1. The monoisotopic (exact) mass is 697 g/mol. The number of aldehydes is 1. The van der Waals surface area contributed by atoms with E-state index in [9.17, 15) is 14.0 Å². The number of carbonyl (C=O) groups excluding carboxylic acids is 2. The predicted octanol–water partition coefficient (Wildman–Crippen LogP) is 8.53. The number of aromatic nitrogens is 1. The van der Waals surface area contributed by atoms with Crippen molar-refractivity contribution in [1.29, 1.82) is 0 Å². The van der Waals surface area contributed by atoms with Crippen LogP contribution in [-0.2, 0) is 15.6 Å². The molecule has 1 amide bonds. The van der Waals surface area contributed by atoms with Gasteiger partial charge in [-0.25, -0.2) is 4.39 Å². The van der Waals surface area contributed by atoms with Crippen LogP contribution in [0.25, 0.3) is 10.9 Å². The predicted molar refractivity (Wildman–Crippen MR) is 198 cm³/mol. The molecule has 50 heavy (non-hydrogen) atoms. The summed E-state index contributed by atoms with van der Waals surface area (Å²) in [6.07, 6.45) is 2.46. The summed E-state index contributed by atoms with van der Waals surface area (Å²) < 4.78 is 30.3. The van der Waals surface area contributed by atoms with Crippen molar-refractivity contribution in [2.45, 2.75) is 33.4 Å². The number of nitrogens with zero attached hydrogens (tertiary/aromatic N) is 2. The molecule has 0 aliphatic rings. The summed E-state index contributed by atoms with van der Waals surface area (Å²) in [5.41, 5.74) is 4.70. The molecule has 262 valence electrons. The molecule has 5 aromatic rings. The van der Waals surface area contributed by atoms with Crippen molar-refractivity contribution in [2.24, 2.45) is 0 Å². The van der Waals surface area contributed by atoms with E-state index in [0.29, 0.717) is 59.3 Å². The van der Waals surface area contributed by atoms with Gasteiger partial charge in [0.25, 0.3) is 5.91 Å². The minimum absolute atomic E-state index is 0.174. The van der Waals surface area contributed by atoms with E-state index in [1.54, 1.807) is 31.3 Å². The largest absolute Gasteiger partial charge is 0.478 e. The summed E-state index contributed by atoms with van der Waals surface area (Å²) in [6, 6.07) is 29.8. The molecule has 0 radical (unpaired) electrons. The third-order valence-electron chi connectivity index (χ3n) is 7.64. The minimum atomic E-state index is -1.07. The second kappa shape index (κ2) is 19.6. The van der Waals surface area contributed by atoms with Gasteiger partial charge in [-0.1, -0.05) is 78.9 Å². The molecule has 0 aliphatic carbocycles. The van der Waals surface area contributed by atoms with E-state index in [-0.39, 0.29) is 11.7 Å². The fraction of sp³-hybridized carbons (Fsp3) is 0.275. The molecule has 0 aliphatic heterocycles. The highest BCUT2D eigenvalue weighted by atomic mass is 31.2. The maximum Gasteiger partial charge on any atom is 0.252 e. The number of hydrogen-bond acceptors (Lipinski definition) is 7. The molecule has 1 heterocycles. The topological polar surface area (TPSA) is 90.0 Å². The first-order valence-corrected chi connectivity index (χ1v) is 18.0. The van der Waals surface area contributed by atoms with Gasteiger partial charge in [0.15, 0.2) is 20.4 Å². The number of benzene rings is 4. The molecule has 10 heteroatoms. The Kier molecular flexibility index (Phi) is 15.0. The van der Waals surface area contributed by atoms with Crippen LogP contribution in [0.3, 0.4) is 0 Å². The van der Waals surface area contributed by atoms with E-state index in [2.05, 4.69) is 10.3 Å². The molecule has 4 aromatic carbocycles. The van der Waals surface area contributed by atoms with Crippen LogP contribution < -0.4 is 10.1 Å². The Labute approximate surface area is 295 Å². The molecule has 0 unspecified atom stereocenters. The molecular weight excluding hydrogens is 652 g/mol. The smallest absolute Gasteiger partial charge is 0.252 e. The number of nitrogens with one attached hydrogen (secondary N) is 1. The second-order valence-electron chi connectivity index (χ2n) is 11.6. The van der Waals surface area contributed by atoms with Gasteiger partial charge in [-0.2, -0.15) is 0 Å². The average molecular weight is 698 g/mol. The van der Waals surface area contributed by atoms with Crippen LogP contribution in [0.1, 0.15) is 62.9 Å². The number of ether oxygens (including phenoxy) is 1. The fourth-order valence-electron chi connectivity index (χ4n) is 5.44. The Hall–Kier alpha value is -4.53. The highest BCUT2D eigenvalue weighted by Crippen LogP contribution is 2.39. The van der Waals surface area contributed by atoms with E-state index in [4.69, 9.17) is 13.8 Å². The van der Waals surface area contributed by atoms with E-state index in [1.165, 1.54) is 12.1 Å². The number of pyridine rings is 1. The zero-order valence-corrected chi connectivity index (χ0v) is 30.2. The zero-order chi connectivity index (χ0) is 35.9. The van der Waals surface area contributed by atoms with Crippen molar-refractivity contribution < 1.29 is 27.8 Å². The van der Waals surface area contributed by atoms with Crippen LogP contribution in [0.4, 0.5) is 4.39 Å². The van der Waals surface area contributed by atoms with Crippen molar-refractivity contribution in [2.75, 3.05) is 40.0 Å². The Morgan fingerprint density at radius 1 is 0.900 bits per heavy atom. The summed E-state index contributed by atoms with van der Waals surface area (Å²) in [6.45, 7) is 7.94. The molecule has 8 nitrogen and oxygen atoms in total. The molecule has 0 saturated heterocycles. The van der Waals surface area contributed by atoms with Crippen LogP contribution in [-0.4, -0.2) is 62.1 Å². The zero-order valence-electron chi connectivity index (χ0n) is 29.3. The SMILES string of the molecule is CCOP(CCNC(=O)c1c(C)c(C=O)c(OC(c2ccccc2)c2ccccc2)c2ncccc12)OCC.CN(C)Cc1ccc(F)cc1. The van der Waals surface area contributed by atoms with Crippen LogP contribution in [0, 0.1) is 12.7 Å². The molecule has 1 aromatic heterocycles. The van der Waals surface area contributed by atoms with Crippen molar-refractivity contribution >= 4 is 31.5 Å². The lowest BCUT2D eigenvalue weighted by molar-refractivity contribution is 0.0956. The van der Waals surface area contributed by atoms with Crippen molar-refractivity contribution in [1.82, 2.24) is 15.2 Å². The lowest BCUT2D eigenvalue weighted by Crippen LogP contribution is -2.28. The second-order valence-corrected chi connectivity index (χ2v) is 13.2. The Balaban J connectivity index is 0.000000435. The molecular formula is C40H45FN3O5P. The standard InChI is InChI=1S/C31H33N2O5P.C9H12FN/c1-4-36-39(37-5-2)20-19-33-31(35)27-22(3)26(21-34)30(28-25(27)17-12-18-32-28)38-29(23-13-8-6-9-14-23)24-15-10-7-11-16-24;1-11(2)7-8-3-5-9(10)6-4-8/h6-18,21,29H,4-5,19-20H2,1-3H3,(H,33,35);3-6H,7H2,1-2H3. The van der Waals surface area contributed by atoms with Gasteiger partial charge >= 0.3 is 0 Å². The number of amides is 1. The Morgan fingerprint density at radius 3 is 2.04 bits per heavy atom. The average Bonchev–Trinajstić information content (AvgIpc) is 3.12. The first-order chi connectivity index (χ1) is 24.3. The lowest BCUT2D eigenvalue weighted by Gasteiger charge is -2.24. The highest BCUT2D eigenvalue weighted by Gasteiger charge is 2.26. The third-order valence-corrected chi connectivity index (χ3v) is 9.32. The van der Waals surface area contributed by atoms with Gasteiger partial charge < -0.3 is 24.0 Å². The number of halogens is 1. The third kappa shape index (κ3) is 10.5. The minimum Gasteiger partial charge on any atom is -0.478 e. The van der Waals surface area contributed by atoms with Crippen LogP contribution in [0.5, 0.6) is 5.75 Å². The first-order valence-electron chi connectivity index (χ1n) is 16.6. The van der Waals surface area contributed by atoms with E-state index >= 15 is 0 Å². The first kappa shape index (κ1) is 38.3. The molecule has 1 N–H and O–H groups in total. The van der Waals surface area contributed by atoms with E-state index in [0.717, 1.165) is 29.5 Å². The summed E-state index contributed by atoms with van der Waals surface area (Å²) in [5, 5.41) is 3.59. The van der Waals surface area contributed by atoms with Gasteiger partial charge in [0.2, 0.25) is 0 Å². The lowest BCUT2D eigenvalue weighted by atomic mass is 9.95. The van der Waals surface area contributed by atoms with Gasteiger partial charge in [0, 0.05) is 30.8 Å². The molecule has 0 fully saturated rings. The Morgan fingerprint density at radius 2 is 1.50 bits per heavy atom. The summed E-state index contributed by atoms with van der Waals surface area (Å²) >= 11 is 0. The maximum absolute atomic E-state index is 13.5. The molecule has 0 saturated carbocycles.